The summed E-state index contributed by atoms with van der Waals surface area (Å²) in [6.07, 6.45) is 1.75. The van der Waals surface area contributed by atoms with Gasteiger partial charge in [0.2, 0.25) is 0 Å². The molecule has 1 saturated carbocycles. The van der Waals surface area contributed by atoms with Crippen molar-refractivity contribution in [1.29, 1.82) is 0 Å². The summed E-state index contributed by atoms with van der Waals surface area (Å²) in [5.41, 5.74) is 2.49. The van der Waals surface area contributed by atoms with Gasteiger partial charge in [0.05, 0.1) is 17.6 Å². The van der Waals surface area contributed by atoms with Crippen molar-refractivity contribution < 1.29 is 14.3 Å². The summed E-state index contributed by atoms with van der Waals surface area (Å²) in [4.78, 5) is 13.3. The van der Waals surface area contributed by atoms with Crippen LogP contribution in [0.25, 0.3) is 5.76 Å². The zero-order valence-electron chi connectivity index (χ0n) is 17.0. The Kier molecular flexibility index (Phi) is 4.47. The zero-order chi connectivity index (χ0) is 20.6. The standard InChI is InChI=1S/C27H24O3/c1-2-29-25(28)23-24(20-12-6-3-7-13-20)30-27(26(23)18-19-26,21-14-8-4-9-15-21)22-16-10-5-11-17-22/h3-17H,2,18-19H2,1H3. The Labute approximate surface area is 177 Å². The summed E-state index contributed by atoms with van der Waals surface area (Å²) in [5.74, 6) is 0.363. The molecular weight excluding hydrogens is 372 g/mol. The molecule has 3 nitrogen and oxygen atoms in total. The highest BCUT2D eigenvalue weighted by molar-refractivity contribution is 6.00. The lowest BCUT2D eigenvalue weighted by atomic mass is 9.71. The molecule has 0 saturated heterocycles. The lowest BCUT2D eigenvalue weighted by molar-refractivity contribution is -0.139. The van der Waals surface area contributed by atoms with E-state index in [4.69, 9.17) is 9.47 Å². The number of carbonyl (C=O) groups is 1. The second-order valence-corrected chi connectivity index (χ2v) is 7.89. The Morgan fingerprint density at radius 1 is 0.833 bits per heavy atom. The molecule has 3 aromatic carbocycles. The van der Waals surface area contributed by atoms with Gasteiger partial charge < -0.3 is 9.47 Å². The maximum atomic E-state index is 13.3. The van der Waals surface area contributed by atoms with Gasteiger partial charge in [-0.1, -0.05) is 91.0 Å². The van der Waals surface area contributed by atoms with Crippen LogP contribution in [0.2, 0.25) is 0 Å². The number of rotatable bonds is 5. The van der Waals surface area contributed by atoms with Gasteiger partial charge in [-0.2, -0.15) is 0 Å². The van der Waals surface area contributed by atoms with Crippen molar-refractivity contribution in [3.63, 3.8) is 0 Å². The Balaban J connectivity index is 1.78. The third kappa shape index (κ3) is 2.62. The molecule has 3 heteroatoms. The average Bonchev–Trinajstić information content (AvgIpc) is 3.53. The Hall–Kier alpha value is -3.33. The number of benzene rings is 3. The van der Waals surface area contributed by atoms with Crippen molar-refractivity contribution in [3.05, 3.63) is 113 Å². The van der Waals surface area contributed by atoms with E-state index < -0.39 is 11.0 Å². The summed E-state index contributed by atoms with van der Waals surface area (Å²) < 4.78 is 12.5. The molecule has 1 aliphatic heterocycles. The van der Waals surface area contributed by atoms with E-state index in [1.165, 1.54) is 0 Å². The van der Waals surface area contributed by atoms with Crippen molar-refractivity contribution >= 4 is 11.7 Å². The molecule has 1 aliphatic carbocycles. The van der Waals surface area contributed by atoms with Gasteiger partial charge in [-0.25, -0.2) is 4.79 Å². The van der Waals surface area contributed by atoms with Gasteiger partial charge in [0, 0.05) is 16.7 Å². The summed E-state index contributed by atoms with van der Waals surface area (Å²) in [6.45, 7) is 2.18. The van der Waals surface area contributed by atoms with Crippen molar-refractivity contribution in [1.82, 2.24) is 0 Å². The first-order valence-corrected chi connectivity index (χ1v) is 10.5. The topological polar surface area (TPSA) is 35.5 Å². The predicted molar refractivity (Wildman–Crippen MR) is 116 cm³/mol. The molecule has 0 atom stereocenters. The van der Waals surface area contributed by atoms with E-state index in [-0.39, 0.29) is 5.97 Å². The van der Waals surface area contributed by atoms with Crippen LogP contribution in [0.3, 0.4) is 0 Å². The highest BCUT2D eigenvalue weighted by Gasteiger charge is 2.71. The van der Waals surface area contributed by atoms with E-state index in [0.29, 0.717) is 17.9 Å². The monoisotopic (exact) mass is 396 g/mol. The van der Waals surface area contributed by atoms with Crippen LogP contribution in [0.15, 0.2) is 96.6 Å². The van der Waals surface area contributed by atoms with Crippen LogP contribution >= 0.6 is 0 Å². The molecule has 0 amide bonds. The fourth-order valence-electron chi connectivity index (χ4n) is 4.89. The highest BCUT2D eigenvalue weighted by atomic mass is 16.5. The molecule has 0 bridgehead atoms. The Morgan fingerprint density at radius 3 is 1.80 bits per heavy atom. The van der Waals surface area contributed by atoms with Gasteiger partial charge in [-0.05, 0) is 19.8 Å². The molecule has 0 N–H and O–H groups in total. The smallest absolute Gasteiger partial charge is 0.338 e. The van der Waals surface area contributed by atoms with E-state index in [9.17, 15) is 4.79 Å². The fraction of sp³-hybridized carbons (Fsp3) is 0.222. The van der Waals surface area contributed by atoms with E-state index in [0.717, 1.165) is 29.5 Å². The quantitative estimate of drug-likeness (QED) is 0.518. The van der Waals surface area contributed by atoms with Gasteiger partial charge >= 0.3 is 5.97 Å². The third-order valence-electron chi connectivity index (χ3n) is 6.26. The maximum Gasteiger partial charge on any atom is 0.338 e. The minimum atomic E-state index is -0.761. The molecule has 1 spiro atoms. The lowest BCUT2D eigenvalue weighted by Gasteiger charge is -2.37. The molecule has 0 radical (unpaired) electrons. The van der Waals surface area contributed by atoms with E-state index in [1.807, 2.05) is 73.7 Å². The Bertz CT molecular complexity index is 1040. The molecule has 0 unspecified atom stereocenters. The number of ether oxygens (including phenoxy) is 2. The van der Waals surface area contributed by atoms with Crippen LogP contribution in [0.4, 0.5) is 0 Å². The van der Waals surface area contributed by atoms with E-state index in [2.05, 4.69) is 24.3 Å². The highest BCUT2D eigenvalue weighted by Crippen LogP contribution is 2.72. The SMILES string of the molecule is CCOC(=O)C1=C(c2ccccc2)OC(c2ccccc2)(c2ccccc2)C12CC2. The molecule has 30 heavy (non-hydrogen) atoms. The van der Waals surface area contributed by atoms with Crippen molar-refractivity contribution in [2.75, 3.05) is 6.61 Å². The van der Waals surface area contributed by atoms with Gasteiger partial charge in [-0.3, -0.25) is 0 Å². The minimum absolute atomic E-state index is 0.275. The second kappa shape index (κ2) is 7.17. The summed E-state index contributed by atoms with van der Waals surface area (Å²) in [6, 6.07) is 30.5. The molecule has 3 aromatic rings. The van der Waals surface area contributed by atoms with Crippen LogP contribution < -0.4 is 0 Å². The summed E-state index contributed by atoms with van der Waals surface area (Å²) in [5, 5.41) is 0. The van der Waals surface area contributed by atoms with Gasteiger partial charge in [0.15, 0.2) is 5.60 Å². The number of esters is 1. The van der Waals surface area contributed by atoms with Crippen molar-refractivity contribution in [2.45, 2.75) is 25.4 Å². The fourth-order valence-corrected chi connectivity index (χ4v) is 4.89. The normalized spacial score (nSPS) is 18.2. The van der Waals surface area contributed by atoms with Crippen molar-refractivity contribution in [2.24, 2.45) is 5.41 Å². The van der Waals surface area contributed by atoms with Crippen LogP contribution in [0.1, 0.15) is 36.5 Å². The molecule has 1 heterocycles. The first-order chi connectivity index (χ1) is 14.7. The van der Waals surface area contributed by atoms with Gasteiger partial charge in [0.1, 0.15) is 5.76 Å². The molecule has 2 aliphatic rings. The van der Waals surface area contributed by atoms with E-state index >= 15 is 0 Å². The number of carbonyl (C=O) groups excluding carboxylic acids is 1. The first-order valence-electron chi connectivity index (χ1n) is 10.5. The minimum Gasteiger partial charge on any atom is -0.476 e. The molecule has 0 aromatic heterocycles. The average molecular weight is 396 g/mol. The second-order valence-electron chi connectivity index (χ2n) is 7.89. The number of hydrogen-bond acceptors (Lipinski definition) is 3. The van der Waals surface area contributed by atoms with Gasteiger partial charge in [-0.15, -0.1) is 0 Å². The number of hydrogen-bond donors (Lipinski definition) is 0. The lowest BCUT2D eigenvalue weighted by Crippen LogP contribution is -2.38. The van der Waals surface area contributed by atoms with Gasteiger partial charge in [0.25, 0.3) is 0 Å². The van der Waals surface area contributed by atoms with E-state index in [1.54, 1.807) is 0 Å². The first kappa shape index (κ1) is 18.7. The third-order valence-corrected chi connectivity index (χ3v) is 6.26. The summed E-state index contributed by atoms with van der Waals surface area (Å²) >= 11 is 0. The van der Waals surface area contributed by atoms with Crippen LogP contribution in [0.5, 0.6) is 0 Å². The largest absolute Gasteiger partial charge is 0.476 e. The van der Waals surface area contributed by atoms with Crippen LogP contribution in [-0.2, 0) is 19.9 Å². The van der Waals surface area contributed by atoms with Crippen molar-refractivity contribution in [3.8, 4) is 0 Å². The maximum absolute atomic E-state index is 13.3. The molecular formula is C27H24O3. The molecule has 150 valence electrons. The zero-order valence-corrected chi connectivity index (χ0v) is 17.0. The summed E-state index contributed by atoms with van der Waals surface area (Å²) in [7, 11) is 0. The molecule has 1 fully saturated rings. The Morgan fingerprint density at radius 2 is 1.33 bits per heavy atom. The van der Waals surface area contributed by atoms with Crippen LogP contribution in [-0.4, -0.2) is 12.6 Å². The van der Waals surface area contributed by atoms with Crippen LogP contribution in [0, 0.1) is 5.41 Å². The predicted octanol–water partition coefficient (Wildman–Crippen LogP) is 5.72. The molecule has 5 rings (SSSR count).